The Balaban J connectivity index is 0.00000161. The maximum absolute atomic E-state index is 6.38. The third kappa shape index (κ3) is 3.88. The van der Waals surface area contributed by atoms with Gasteiger partial charge in [-0.15, -0.1) is 12.4 Å². The van der Waals surface area contributed by atoms with Crippen LogP contribution in [-0.2, 0) is 19.4 Å². The molecule has 0 spiro atoms. The van der Waals surface area contributed by atoms with Crippen molar-refractivity contribution in [1.82, 2.24) is 10.3 Å². The number of halogens is 2. The van der Waals surface area contributed by atoms with Gasteiger partial charge in [-0.1, -0.05) is 23.7 Å². The van der Waals surface area contributed by atoms with Gasteiger partial charge in [0.05, 0.1) is 22.9 Å². The van der Waals surface area contributed by atoms with Crippen molar-refractivity contribution in [2.45, 2.75) is 19.4 Å². The van der Waals surface area contributed by atoms with Gasteiger partial charge in [-0.25, -0.2) is 0 Å². The quantitative estimate of drug-likeness (QED) is 0.908. The number of benzene rings is 1. The van der Waals surface area contributed by atoms with Gasteiger partial charge >= 0.3 is 0 Å². The standard InChI is InChI=1S/C16H18ClN3.ClH/c17-15-5-4-12-6-9-18-10-7-14(12)16(15)20-11-13-3-1-2-8-19-13;/h1-5,8,18,20H,6-7,9-11H2;1H. The van der Waals surface area contributed by atoms with E-state index in [-0.39, 0.29) is 12.4 Å². The van der Waals surface area contributed by atoms with E-state index in [9.17, 15) is 0 Å². The van der Waals surface area contributed by atoms with Gasteiger partial charge in [0.2, 0.25) is 0 Å². The molecule has 1 aliphatic rings. The highest BCUT2D eigenvalue weighted by molar-refractivity contribution is 6.33. The van der Waals surface area contributed by atoms with E-state index in [2.05, 4.69) is 21.7 Å². The zero-order chi connectivity index (χ0) is 13.8. The minimum atomic E-state index is 0. The fourth-order valence-corrected chi connectivity index (χ4v) is 2.86. The first-order valence-corrected chi connectivity index (χ1v) is 7.37. The second-order valence-corrected chi connectivity index (χ2v) is 5.39. The Morgan fingerprint density at radius 3 is 2.81 bits per heavy atom. The number of rotatable bonds is 3. The van der Waals surface area contributed by atoms with Crippen LogP contribution in [0.4, 0.5) is 5.69 Å². The molecule has 2 heterocycles. The molecule has 0 aliphatic carbocycles. The third-order valence-electron chi connectivity index (χ3n) is 3.65. The van der Waals surface area contributed by atoms with Crippen molar-refractivity contribution in [2.24, 2.45) is 0 Å². The first kappa shape index (κ1) is 16.1. The summed E-state index contributed by atoms with van der Waals surface area (Å²) in [4.78, 5) is 4.34. The highest BCUT2D eigenvalue weighted by Gasteiger charge is 2.14. The number of pyridine rings is 1. The molecule has 0 unspecified atom stereocenters. The van der Waals surface area contributed by atoms with Crippen molar-refractivity contribution in [3.8, 4) is 0 Å². The van der Waals surface area contributed by atoms with Crippen LogP contribution >= 0.6 is 24.0 Å². The lowest BCUT2D eigenvalue weighted by Gasteiger charge is -2.16. The Kier molecular flexibility index (Phi) is 5.85. The molecule has 1 aromatic heterocycles. The van der Waals surface area contributed by atoms with Gasteiger partial charge in [-0.05, 0) is 55.3 Å². The van der Waals surface area contributed by atoms with E-state index >= 15 is 0 Å². The summed E-state index contributed by atoms with van der Waals surface area (Å²) in [6.45, 7) is 2.74. The predicted molar refractivity (Wildman–Crippen MR) is 90.5 cm³/mol. The van der Waals surface area contributed by atoms with E-state index in [1.54, 1.807) is 0 Å². The van der Waals surface area contributed by atoms with Crippen molar-refractivity contribution in [2.75, 3.05) is 18.4 Å². The van der Waals surface area contributed by atoms with Crippen LogP contribution in [0.25, 0.3) is 0 Å². The summed E-state index contributed by atoms with van der Waals surface area (Å²) < 4.78 is 0. The van der Waals surface area contributed by atoms with Crippen molar-refractivity contribution in [3.63, 3.8) is 0 Å². The number of hydrogen-bond acceptors (Lipinski definition) is 3. The summed E-state index contributed by atoms with van der Waals surface area (Å²) in [6, 6.07) is 10.1. The number of anilines is 1. The topological polar surface area (TPSA) is 37.0 Å². The molecule has 0 bridgehead atoms. The second kappa shape index (κ2) is 7.64. The van der Waals surface area contributed by atoms with Gasteiger partial charge < -0.3 is 10.6 Å². The van der Waals surface area contributed by atoms with E-state index in [1.165, 1.54) is 11.1 Å². The second-order valence-electron chi connectivity index (χ2n) is 4.98. The van der Waals surface area contributed by atoms with Crippen LogP contribution in [0, 0.1) is 0 Å². The number of aromatic nitrogens is 1. The van der Waals surface area contributed by atoms with E-state index in [0.29, 0.717) is 6.54 Å². The zero-order valence-corrected chi connectivity index (χ0v) is 13.3. The summed E-state index contributed by atoms with van der Waals surface area (Å²) in [5.41, 5.74) is 4.83. The lowest BCUT2D eigenvalue weighted by atomic mass is 10.0. The minimum Gasteiger partial charge on any atom is -0.378 e. The molecule has 0 saturated carbocycles. The van der Waals surface area contributed by atoms with Crippen molar-refractivity contribution in [3.05, 3.63) is 58.4 Å². The molecule has 0 fully saturated rings. The van der Waals surface area contributed by atoms with Gasteiger partial charge in [0.25, 0.3) is 0 Å². The van der Waals surface area contributed by atoms with Crippen molar-refractivity contribution >= 4 is 29.7 Å². The third-order valence-corrected chi connectivity index (χ3v) is 3.97. The molecule has 5 heteroatoms. The Labute approximate surface area is 136 Å². The van der Waals surface area contributed by atoms with Gasteiger partial charge in [-0.2, -0.15) is 0 Å². The number of fused-ring (bicyclic) bond motifs is 1. The highest BCUT2D eigenvalue weighted by Crippen LogP contribution is 2.30. The van der Waals surface area contributed by atoms with E-state index in [4.69, 9.17) is 11.6 Å². The summed E-state index contributed by atoms with van der Waals surface area (Å²) in [6.07, 6.45) is 3.89. The Bertz CT molecular complexity index is 588. The van der Waals surface area contributed by atoms with Crippen LogP contribution in [0.1, 0.15) is 16.8 Å². The maximum Gasteiger partial charge on any atom is 0.0640 e. The molecule has 0 saturated heterocycles. The Hall–Kier alpha value is -1.29. The molecule has 0 radical (unpaired) electrons. The smallest absolute Gasteiger partial charge is 0.0640 e. The molecule has 1 aliphatic heterocycles. The highest BCUT2D eigenvalue weighted by atomic mass is 35.5. The molecule has 0 amide bonds. The molecule has 0 atom stereocenters. The van der Waals surface area contributed by atoms with Crippen LogP contribution in [0.5, 0.6) is 0 Å². The molecule has 2 aromatic rings. The molecule has 112 valence electrons. The molecular formula is C16H19Cl2N3. The van der Waals surface area contributed by atoms with Crippen molar-refractivity contribution < 1.29 is 0 Å². The largest absolute Gasteiger partial charge is 0.378 e. The molecule has 3 rings (SSSR count). The number of hydrogen-bond donors (Lipinski definition) is 2. The van der Waals surface area contributed by atoms with Crippen LogP contribution in [0.3, 0.4) is 0 Å². The number of nitrogens with zero attached hydrogens (tertiary/aromatic N) is 1. The van der Waals surface area contributed by atoms with Gasteiger partial charge in [0.1, 0.15) is 0 Å². The summed E-state index contributed by atoms with van der Waals surface area (Å²) >= 11 is 6.38. The Morgan fingerprint density at radius 1 is 1.14 bits per heavy atom. The molecule has 1 aromatic carbocycles. The zero-order valence-electron chi connectivity index (χ0n) is 11.7. The summed E-state index contributed by atoms with van der Waals surface area (Å²) in [5.74, 6) is 0. The first-order valence-electron chi connectivity index (χ1n) is 6.99. The van der Waals surface area contributed by atoms with Gasteiger partial charge in [0.15, 0.2) is 0 Å². The molecular weight excluding hydrogens is 305 g/mol. The van der Waals surface area contributed by atoms with Crippen LogP contribution in [-0.4, -0.2) is 18.1 Å². The summed E-state index contributed by atoms with van der Waals surface area (Å²) in [5, 5.41) is 7.69. The van der Waals surface area contributed by atoms with E-state index in [0.717, 1.165) is 42.3 Å². The predicted octanol–water partition coefficient (Wildman–Crippen LogP) is 3.46. The van der Waals surface area contributed by atoms with Crippen LogP contribution in [0.2, 0.25) is 5.02 Å². The fraction of sp³-hybridized carbons (Fsp3) is 0.312. The Morgan fingerprint density at radius 2 is 2.00 bits per heavy atom. The normalized spacial score (nSPS) is 13.8. The van der Waals surface area contributed by atoms with Gasteiger partial charge in [-0.3, -0.25) is 4.98 Å². The van der Waals surface area contributed by atoms with Crippen LogP contribution in [0.15, 0.2) is 36.5 Å². The summed E-state index contributed by atoms with van der Waals surface area (Å²) in [7, 11) is 0. The minimum absolute atomic E-state index is 0. The van der Waals surface area contributed by atoms with E-state index in [1.807, 2.05) is 30.5 Å². The monoisotopic (exact) mass is 323 g/mol. The SMILES string of the molecule is Cl.Clc1ccc2c(c1NCc1ccccn1)CCNCC2. The molecule has 21 heavy (non-hydrogen) atoms. The molecule has 2 N–H and O–H groups in total. The van der Waals surface area contributed by atoms with Crippen LogP contribution < -0.4 is 10.6 Å². The number of nitrogens with one attached hydrogen (secondary N) is 2. The van der Waals surface area contributed by atoms with Gasteiger partial charge in [0, 0.05) is 6.20 Å². The lowest BCUT2D eigenvalue weighted by Crippen LogP contribution is -2.16. The maximum atomic E-state index is 6.38. The van der Waals surface area contributed by atoms with Crippen molar-refractivity contribution in [1.29, 1.82) is 0 Å². The van der Waals surface area contributed by atoms with E-state index < -0.39 is 0 Å². The first-order chi connectivity index (χ1) is 9.84. The molecule has 3 nitrogen and oxygen atoms in total. The lowest BCUT2D eigenvalue weighted by molar-refractivity contribution is 0.711. The average Bonchev–Trinajstić information content (AvgIpc) is 2.73. The fourth-order valence-electron chi connectivity index (χ4n) is 2.62. The average molecular weight is 324 g/mol.